The average Bonchev–Trinajstić information content (AvgIpc) is 2.88. The molecule has 0 spiro atoms. The Balaban J connectivity index is 1.62. The Kier molecular flexibility index (Phi) is 7.35. The Morgan fingerprint density at radius 1 is 0.972 bits per heavy atom. The third kappa shape index (κ3) is 5.55. The number of hydrogen-bond donors (Lipinski definition) is 0. The lowest BCUT2D eigenvalue weighted by Crippen LogP contribution is -2.51. The smallest absolute Gasteiger partial charge is 0.414 e. The summed E-state index contributed by atoms with van der Waals surface area (Å²) < 4.78 is 33.5. The van der Waals surface area contributed by atoms with Crippen LogP contribution in [0.1, 0.15) is 18.1 Å². The molecule has 0 unspecified atom stereocenters. The van der Waals surface area contributed by atoms with E-state index in [4.69, 9.17) is 4.74 Å². The fourth-order valence-electron chi connectivity index (χ4n) is 4.07. The first-order valence-corrected chi connectivity index (χ1v) is 12.7. The second-order valence-corrected chi connectivity index (χ2v) is 10.2. The number of benzene rings is 3. The molecule has 1 atom stereocenters. The molecule has 0 radical (unpaired) electrons. The lowest BCUT2D eigenvalue weighted by atomic mass is 10.0. The quantitative estimate of drug-likeness (QED) is 0.338. The van der Waals surface area contributed by atoms with Crippen LogP contribution in [0.3, 0.4) is 0 Å². The van der Waals surface area contributed by atoms with Gasteiger partial charge in [-0.25, -0.2) is 13.2 Å². The third-order valence-electron chi connectivity index (χ3n) is 5.84. The van der Waals surface area contributed by atoms with Crippen molar-refractivity contribution in [2.75, 3.05) is 6.54 Å². The van der Waals surface area contributed by atoms with Crippen molar-refractivity contribution >= 4 is 21.8 Å². The maximum atomic E-state index is 13.4. The number of carbonyl (C=O) groups is 1. The zero-order valence-corrected chi connectivity index (χ0v) is 20.4. The number of amides is 1. The molecule has 1 aliphatic rings. The average molecular weight is 508 g/mol. The number of hydrogen-bond acceptors (Lipinski definition) is 6. The summed E-state index contributed by atoms with van der Waals surface area (Å²) in [6, 6.07) is 23.0. The maximum absolute atomic E-state index is 13.4. The maximum Gasteiger partial charge on any atom is 0.414 e. The van der Waals surface area contributed by atoms with Crippen LogP contribution in [0.4, 0.5) is 10.5 Å². The molecule has 3 aromatic rings. The largest absolute Gasteiger partial charge is 0.444 e. The molecule has 1 heterocycles. The van der Waals surface area contributed by atoms with Gasteiger partial charge in [0.1, 0.15) is 6.61 Å². The van der Waals surface area contributed by atoms with E-state index in [1.165, 1.54) is 27.5 Å². The molecule has 1 aliphatic heterocycles. The van der Waals surface area contributed by atoms with Crippen molar-refractivity contribution in [1.29, 1.82) is 0 Å². The van der Waals surface area contributed by atoms with E-state index in [9.17, 15) is 23.3 Å². The van der Waals surface area contributed by atoms with E-state index in [0.29, 0.717) is 12.1 Å². The van der Waals surface area contributed by atoms with E-state index in [2.05, 4.69) is 0 Å². The summed E-state index contributed by atoms with van der Waals surface area (Å²) in [5.41, 5.74) is 1.98. The highest BCUT2D eigenvalue weighted by Gasteiger charge is 2.36. The molecule has 3 aromatic carbocycles. The fourth-order valence-corrected chi connectivity index (χ4v) is 5.48. The number of ether oxygens (including phenoxy) is 1. The minimum absolute atomic E-state index is 0.00794. The SMILES string of the molecule is CC1=CN(S(=O)(=O)c2ccc([N+](=O)[O-])cc2)C[C@H](Cc2ccccc2)N1C(=O)OCc1ccccc1. The minimum Gasteiger partial charge on any atom is -0.444 e. The van der Waals surface area contributed by atoms with Gasteiger partial charge >= 0.3 is 6.09 Å². The van der Waals surface area contributed by atoms with E-state index in [0.717, 1.165) is 23.3 Å². The molecule has 0 aromatic heterocycles. The Bertz CT molecular complexity index is 1360. The van der Waals surface area contributed by atoms with Crippen molar-refractivity contribution in [3.8, 4) is 0 Å². The van der Waals surface area contributed by atoms with Crippen molar-refractivity contribution in [2.45, 2.75) is 30.9 Å². The van der Waals surface area contributed by atoms with Gasteiger partial charge in [0.25, 0.3) is 15.7 Å². The van der Waals surface area contributed by atoms with Crippen molar-refractivity contribution in [1.82, 2.24) is 9.21 Å². The molecule has 0 saturated carbocycles. The molecule has 0 saturated heterocycles. The molecule has 4 rings (SSSR count). The van der Waals surface area contributed by atoms with Crippen molar-refractivity contribution in [3.63, 3.8) is 0 Å². The number of allylic oxidation sites excluding steroid dienone is 1. The first-order valence-electron chi connectivity index (χ1n) is 11.2. The van der Waals surface area contributed by atoms with Crippen LogP contribution in [0.2, 0.25) is 0 Å². The van der Waals surface area contributed by atoms with Gasteiger partial charge in [0.05, 0.1) is 22.4 Å². The van der Waals surface area contributed by atoms with E-state index >= 15 is 0 Å². The fraction of sp³-hybridized carbons (Fsp3) is 0.192. The number of nitro benzene ring substituents is 1. The van der Waals surface area contributed by atoms with Crippen LogP contribution in [0.15, 0.2) is 102 Å². The van der Waals surface area contributed by atoms with E-state index in [1.54, 1.807) is 6.92 Å². The summed E-state index contributed by atoms with van der Waals surface area (Å²) in [7, 11) is -4.01. The van der Waals surface area contributed by atoms with Gasteiger partial charge in [-0.3, -0.25) is 19.3 Å². The molecule has 10 heteroatoms. The molecule has 0 aliphatic carbocycles. The van der Waals surface area contributed by atoms with Gasteiger partial charge in [0.2, 0.25) is 0 Å². The van der Waals surface area contributed by atoms with Crippen molar-refractivity contribution in [2.24, 2.45) is 0 Å². The summed E-state index contributed by atoms with van der Waals surface area (Å²) in [4.78, 5) is 24.9. The van der Waals surface area contributed by atoms with Crippen LogP contribution in [-0.2, 0) is 27.8 Å². The molecule has 0 N–H and O–H groups in total. The van der Waals surface area contributed by atoms with Gasteiger partial charge in [-0.05, 0) is 36.6 Å². The number of nitro groups is 1. The van der Waals surface area contributed by atoms with Crippen molar-refractivity contribution in [3.05, 3.63) is 118 Å². The van der Waals surface area contributed by atoms with Crippen LogP contribution in [0.25, 0.3) is 0 Å². The summed E-state index contributed by atoms with van der Waals surface area (Å²) in [6.45, 7) is 1.73. The zero-order chi connectivity index (χ0) is 25.7. The summed E-state index contributed by atoms with van der Waals surface area (Å²) in [6.07, 6.45) is 1.22. The van der Waals surface area contributed by atoms with E-state index in [-0.39, 0.29) is 23.7 Å². The molecule has 36 heavy (non-hydrogen) atoms. The van der Waals surface area contributed by atoms with Gasteiger partial charge in [-0.2, -0.15) is 0 Å². The molecule has 186 valence electrons. The van der Waals surface area contributed by atoms with Gasteiger partial charge in [-0.1, -0.05) is 60.7 Å². The number of non-ortho nitro benzene ring substituents is 1. The number of nitrogens with zero attached hydrogens (tertiary/aromatic N) is 3. The molecule has 9 nitrogen and oxygen atoms in total. The first-order chi connectivity index (χ1) is 17.3. The topological polar surface area (TPSA) is 110 Å². The summed E-state index contributed by atoms with van der Waals surface area (Å²) in [5.74, 6) is 0. The minimum atomic E-state index is -4.01. The second kappa shape index (κ2) is 10.6. The van der Waals surface area contributed by atoms with E-state index in [1.807, 2.05) is 60.7 Å². The molecular formula is C26H25N3O6S. The Hall–Kier alpha value is -4.18. The number of carbonyl (C=O) groups excluding carboxylic acids is 1. The lowest BCUT2D eigenvalue weighted by molar-refractivity contribution is -0.384. The van der Waals surface area contributed by atoms with Crippen molar-refractivity contribution < 1.29 is 22.9 Å². The van der Waals surface area contributed by atoms with Gasteiger partial charge in [0.15, 0.2) is 0 Å². The van der Waals surface area contributed by atoms with Gasteiger partial charge < -0.3 is 4.74 Å². The zero-order valence-electron chi connectivity index (χ0n) is 19.6. The summed E-state index contributed by atoms with van der Waals surface area (Å²) in [5, 5.41) is 11.0. The predicted molar refractivity (Wildman–Crippen MR) is 133 cm³/mol. The van der Waals surface area contributed by atoms with Crippen LogP contribution in [0.5, 0.6) is 0 Å². The molecule has 0 fully saturated rings. The number of rotatable bonds is 7. The van der Waals surface area contributed by atoms with Crippen LogP contribution < -0.4 is 0 Å². The van der Waals surface area contributed by atoms with Crippen LogP contribution >= 0.6 is 0 Å². The second-order valence-electron chi connectivity index (χ2n) is 8.35. The molecular weight excluding hydrogens is 482 g/mol. The normalized spacial score (nSPS) is 15.8. The van der Waals surface area contributed by atoms with Gasteiger partial charge in [-0.15, -0.1) is 0 Å². The Morgan fingerprint density at radius 2 is 1.56 bits per heavy atom. The highest BCUT2D eigenvalue weighted by molar-refractivity contribution is 7.89. The van der Waals surface area contributed by atoms with Crippen LogP contribution in [-0.4, -0.2) is 41.2 Å². The Morgan fingerprint density at radius 3 is 2.14 bits per heavy atom. The highest BCUT2D eigenvalue weighted by Crippen LogP contribution is 2.28. The predicted octanol–water partition coefficient (Wildman–Crippen LogP) is 4.71. The monoisotopic (exact) mass is 507 g/mol. The standard InChI is InChI=1S/C26H25N3O6S/c1-20-17-27(36(33,34)25-14-12-23(13-15-25)29(31)32)18-24(16-21-8-4-2-5-9-21)28(20)26(30)35-19-22-10-6-3-7-11-22/h2-15,17,24H,16,18-19H2,1H3/t24-/m0/s1. The molecule has 0 bridgehead atoms. The first kappa shape index (κ1) is 24.9. The molecule has 1 amide bonds. The van der Waals surface area contributed by atoms with E-state index < -0.39 is 27.1 Å². The van der Waals surface area contributed by atoms with Gasteiger partial charge in [0, 0.05) is 24.0 Å². The highest BCUT2D eigenvalue weighted by atomic mass is 32.2. The third-order valence-corrected chi connectivity index (χ3v) is 7.58. The number of sulfonamides is 1. The Labute approximate surface area is 209 Å². The van der Waals surface area contributed by atoms with Crippen LogP contribution in [0, 0.1) is 10.1 Å². The summed E-state index contributed by atoms with van der Waals surface area (Å²) >= 11 is 0. The lowest BCUT2D eigenvalue weighted by Gasteiger charge is -2.39.